The van der Waals surface area contributed by atoms with Crippen LogP contribution in [0.2, 0.25) is 0 Å². The summed E-state index contributed by atoms with van der Waals surface area (Å²) in [4.78, 5) is 43.1. The molecular formula is C29H27N3O5S2. The highest BCUT2D eigenvalue weighted by Crippen LogP contribution is 2.37. The predicted molar refractivity (Wildman–Crippen MR) is 154 cm³/mol. The van der Waals surface area contributed by atoms with Crippen molar-refractivity contribution in [2.24, 2.45) is 0 Å². The Hall–Kier alpha value is -4.15. The summed E-state index contributed by atoms with van der Waals surface area (Å²) in [5, 5.41) is 7.33. The molecule has 0 bridgehead atoms. The van der Waals surface area contributed by atoms with E-state index in [2.05, 4.69) is 15.6 Å². The van der Waals surface area contributed by atoms with Crippen LogP contribution in [0.4, 0.5) is 10.8 Å². The molecule has 2 N–H and O–H groups in total. The molecule has 1 heterocycles. The molecule has 0 fully saturated rings. The van der Waals surface area contributed by atoms with Gasteiger partial charge in [-0.25, -0.2) is 4.98 Å². The zero-order valence-electron chi connectivity index (χ0n) is 21.4. The Kier molecular flexibility index (Phi) is 9.71. The van der Waals surface area contributed by atoms with E-state index in [9.17, 15) is 14.4 Å². The zero-order chi connectivity index (χ0) is 27.6. The minimum Gasteiger partial charge on any atom is -0.497 e. The second-order valence-electron chi connectivity index (χ2n) is 8.24. The van der Waals surface area contributed by atoms with Crippen molar-refractivity contribution in [2.75, 3.05) is 24.4 Å². The van der Waals surface area contributed by atoms with Gasteiger partial charge in [-0.05, 0) is 48.9 Å². The Bertz CT molecular complexity index is 1440. The molecule has 0 spiro atoms. The van der Waals surface area contributed by atoms with Gasteiger partial charge in [-0.15, -0.1) is 23.1 Å². The topological polar surface area (TPSA) is 107 Å². The molecule has 0 aliphatic carbocycles. The smallest absolute Gasteiger partial charge is 0.311 e. The van der Waals surface area contributed by atoms with Crippen LogP contribution in [0.5, 0.6) is 5.75 Å². The maximum Gasteiger partial charge on any atom is 0.311 e. The normalized spacial score (nSPS) is 11.3. The van der Waals surface area contributed by atoms with Crippen LogP contribution in [0.25, 0.3) is 0 Å². The largest absolute Gasteiger partial charge is 0.497 e. The number of thiazole rings is 1. The van der Waals surface area contributed by atoms with Crippen molar-refractivity contribution in [1.82, 2.24) is 4.98 Å². The number of carbonyl (C=O) groups excluding carboxylic acids is 3. The number of thioether (sulfide) groups is 1. The lowest BCUT2D eigenvalue weighted by Crippen LogP contribution is -2.19. The molecule has 1 unspecified atom stereocenters. The Morgan fingerprint density at radius 1 is 0.974 bits per heavy atom. The third kappa shape index (κ3) is 7.92. The summed E-state index contributed by atoms with van der Waals surface area (Å²) in [6, 6.07) is 23.7. The maximum atomic E-state index is 13.4. The van der Waals surface area contributed by atoms with Gasteiger partial charge in [0.05, 0.1) is 25.8 Å². The van der Waals surface area contributed by atoms with Crippen molar-refractivity contribution < 1.29 is 23.9 Å². The van der Waals surface area contributed by atoms with Gasteiger partial charge < -0.3 is 20.1 Å². The molecule has 4 rings (SSSR count). The molecule has 0 aliphatic heterocycles. The fraction of sp³-hybridized carbons (Fsp3) is 0.172. The third-order valence-electron chi connectivity index (χ3n) is 5.43. The molecule has 0 radical (unpaired) electrons. The Labute approximate surface area is 234 Å². The van der Waals surface area contributed by atoms with E-state index in [-0.39, 0.29) is 24.2 Å². The van der Waals surface area contributed by atoms with Gasteiger partial charge in [-0.2, -0.15) is 0 Å². The first-order chi connectivity index (χ1) is 18.9. The molecule has 0 saturated heterocycles. The summed E-state index contributed by atoms with van der Waals surface area (Å²) >= 11 is 2.61. The van der Waals surface area contributed by atoms with Gasteiger partial charge in [0, 0.05) is 21.5 Å². The number of anilines is 2. The number of benzene rings is 3. The number of hydrogen-bond acceptors (Lipinski definition) is 8. The highest BCUT2D eigenvalue weighted by atomic mass is 32.2. The molecule has 200 valence electrons. The highest BCUT2D eigenvalue weighted by Gasteiger charge is 2.23. The molecule has 1 aromatic heterocycles. The number of esters is 1. The molecule has 1 atom stereocenters. The monoisotopic (exact) mass is 561 g/mol. The third-order valence-corrected chi connectivity index (χ3v) is 7.49. The highest BCUT2D eigenvalue weighted by molar-refractivity contribution is 8.00. The average molecular weight is 562 g/mol. The van der Waals surface area contributed by atoms with Crippen LogP contribution in [-0.4, -0.2) is 36.5 Å². The van der Waals surface area contributed by atoms with Gasteiger partial charge in [0.1, 0.15) is 11.0 Å². The maximum absolute atomic E-state index is 13.4. The van der Waals surface area contributed by atoms with Crippen LogP contribution in [0.1, 0.15) is 33.8 Å². The van der Waals surface area contributed by atoms with Gasteiger partial charge in [0.2, 0.25) is 5.91 Å². The van der Waals surface area contributed by atoms with Crippen LogP contribution < -0.4 is 15.4 Å². The molecule has 39 heavy (non-hydrogen) atoms. The van der Waals surface area contributed by atoms with Crippen LogP contribution in [0.3, 0.4) is 0 Å². The minimum atomic E-state index is -0.590. The van der Waals surface area contributed by atoms with Crippen LogP contribution in [0, 0.1) is 0 Å². The van der Waals surface area contributed by atoms with Crippen molar-refractivity contribution in [3.8, 4) is 5.75 Å². The first-order valence-electron chi connectivity index (χ1n) is 12.1. The minimum absolute atomic E-state index is 0.0470. The number of aromatic nitrogens is 1. The lowest BCUT2D eigenvalue weighted by molar-refractivity contribution is -0.142. The van der Waals surface area contributed by atoms with E-state index in [1.807, 2.05) is 48.5 Å². The van der Waals surface area contributed by atoms with Crippen molar-refractivity contribution in [3.05, 3.63) is 101 Å². The lowest BCUT2D eigenvalue weighted by atomic mass is 10.1. The quantitative estimate of drug-likeness (QED) is 0.171. The van der Waals surface area contributed by atoms with Crippen molar-refractivity contribution in [1.29, 1.82) is 0 Å². The fourth-order valence-electron chi connectivity index (χ4n) is 3.63. The van der Waals surface area contributed by atoms with Crippen molar-refractivity contribution in [2.45, 2.75) is 23.5 Å². The van der Waals surface area contributed by atoms with E-state index in [0.717, 1.165) is 10.5 Å². The molecular weight excluding hydrogens is 534 g/mol. The summed E-state index contributed by atoms with van der Waals surface area (Å²) in [5.74, 6) is -0.293. The molecule has 4 aromatic rings. The van der Waals surface area contributed by atoms with Crippen molar-refractivity contribution >= 4 is 51.7 Å². The van der Waals surface area contributed by atoms with Crippen LogP contribution >= 0.6 is 23.1 Å². The summed E-state index contributed by atoms with van der Waals surface area (Å²) in [6.07, 6.45) is 0.0470. The molecule has 10 heteroatoms. The standard InChI is InChI=1S/C29H27N3O5S2/c1-3-37-25(33)17-22-18-38-29(31-22)32-28(35)26(19-9-5-4-6-10-19)39-24-14-8-12-21(16-24)30-27(34)20-11-7-13-23(15-20)36-2/h4-16,18,26H,3,17H2,1-2H3,(H,30,34)(H,31,32,35). The number of hydrogen-bond donors (Lipinski definition) is 2. The van der Waals surface area contributed by atoms with E-state index < -0.39 is 5.25 Å². The molecule has 0 saturated carbocycles. The van der Waals surface area contributed by atoms with Crippen molar-refractivity contribution in [3.63, 3.8) is 0 Å². The Morgan fingerprint density at radius 3 is 2.54 bits per heavy atom. The molecule has 8 nitrogen and oxygen atoms in total. The van der Waals surface area contributed by atoms with Gasteiger partial charge in [-0.3, -0.25) is 14.4 Å². The molecule has 3 aromatic carbocycles. The number of amides is 2. The van der Waals surface area contributed by atoms with E-state index in [1.165, 1.54) is 23.1 Å². The first-order valence-corrected chi connectivity index (χ1v) is 13.9. The Balaban J connectivity index is 1.49. The Morgan fingerprint density at radius 2 is 1.77 bits per heavy atom. The zero-order valence-corrected chi connectivity index (χ0v) is 23.0. The summed E-state index contributed by atoms with van der Waals surface area (Å²) < 4.78 is 10.2. The van der Waals surface area contributed by atoms with E-state index in [1.54, 1.807) is 49.7 Å². The number of methoxy groups -OCH3 is 1. The fourth-order valence-corrected chi connectivity index (χ4v) is 5.42. The van der Waals surface area contributed by atoms with E-state index in [4.69, 9.17) is 9.47 Å². The van der Waals surface area contributed by atoms with E-state index >= 15 is 0 Å². The van der Waals surface area contributed by atoms with Crippen LogP contribution in [0.15, 0.2) is 89.1 Å². The number of nitrogens with one attached hydrogen (secondary N) is 2. The second-order valence-corrected chi connectivity index (χ2v) is 10.3. The van der Waals surface area contributed by atoms with Gasteiger partial charge in [-0.1, -0.05) is 42.5 Å². The first kappa shape index (κ1) is 27.9. The summed E-state index contributed by atoms with van der Waals surface area (Å²) in [7, 11) is 1.55. The molecule has 0 aliphatic rings. The average Bonchev–Trinajstić information content (AvgIpc) is 3.38. The van der Waals surface area contributed by atoms with Gasteiger partial charge in [0.15, 0.2) is 5.13 Å². The second kappa shape index (κ2) is 13.6. The predicted octanol–water partition coefficient (Wildman–Crippen LogP) is 5.98. The number of rotatable bonds is 11. The molecule has 2 amide bonds. The lowest BCUT2D eigenvalue weighted by Gasteiger charge is -2.17. The SMILES string of the molecule is CCOC(=O)Cc1csc(NC(=O)C(Sc2cccc(NC(=O)c3cccc(OC)c3)c2)c2ccccc2)n1. The number of nitrogens with zero attached hydrogens (tertiary/aromatic N) is 1. The number of carbonyl (C=O) groups is 3. The number of ether oxygens (including phenoxy) is 2. The van der Waals surface area contributed by atoms with E-state index in [0.29, 0.717) is 34.4 Å². The summed E-state index contributed by atoms with van der Waals surface area (Å²) in [5.41, 5.74) is 2.43. The van der Waals surface area contributed by atoms with Gasteiger partial charge >= 0.3 is 5.97 Å². The summed E-state index contributed by atoms with van der Waals surface area (Å²) in [6.45, 7) is 2.05. The van der Waals surface area contributed by atoms with Gasteiger partial charge in [0.25, 0.3) is 5.91 Å². The van der Waals surface area contributed by atoms with Crippen LogP contribution in [-0.2, 0) is 20.7 Å².